The average Bonchev–Trinajstić information content (AvgIpc) is 3.15. The van der Waals surface area contributed by atoms with E-state index in [9.17, 15) is 9.59 Å². The lowest BCUT2D eigenvalue weighted by molar-refractivity contribution is -0.842. The Balaban J connectivity index is 1.39. The van der Waals surface area contributed by atoms with Crippen molar-refractivity contribution in [1.29, 1.82) is 0 Å². The maximum Gasteiger partial charge on any atom is 0.456 e. The van der Waals surface area contributed by atoms with E-state index in [1.807, 2.05) is 36.4 Å². The summed E-state index contributed by atoms with van der Waals surface area (Å²) in [4.78, 5) is 30.2. The van der Waals surface area contributed by atoms with Gasteiger partial charge in [0.25, 0.3) is 0 Å². The van der Waals surface area contributed by atoms with Gasteiger partial charge in [-0.15, -0.1) is 4.59 Å². The van der Waals surface area contributed by atoms with Gasteiger partial charge in [0, 0.05) is 37.6 Å². The minimum atomic E-state index is -1.05. The Labute approximate surface area is 187 Å². The van der Waals surface area contributed by atoms with Crippen LogP contribution in [-0.2, 0) is 4.79 Å². The van der Waals surface area contributed by atoms with Crippen LogP contribution < -0.4 is 19.4 Å². The number of carbonyl (C=O) groups excluding carboxylic acids is 1. The monoisotopic (exact) mass is 438 g/mol. The molecule has 2 aliphatic heterocycles. The molecule has 0 aromatic heterocycles. The van der Waals surface area contributed by atoms with E-state index < -0.39 is 10.6 Å². The van der Waals surface area contributed by atoms with E-state index in [1.165, 1.54) is 16.9 Å². The number of quaternary nitrogens is 1. The van der Waals surface area contributed by atoms with Gasteiger partial charge >= 0.3 is 12.0 Å². The van der Waals surface area contributed by atoms with Gasteiger partial charge in [-0.05, 0) is 55.5 Å². The zero-order valence-corrected chi connectivity index (χ0v) is 18.3. The van der Waals surface area contributed by atoms with Crippen molar-refractivity contribution in [2.75, 3.05) is 61.1 Å². The SMILES string of the molecule is CC[N+]1(CC(=O)O)N=CN(c2ccc(N3CCN(c4ccc(OC)cc4)CC3)cc2)C1=O. The molecule has 1 unspecified atom stereocenters. The van der Waals surface area contributed by atoms with Crippen molar-refractivity contribution in [3.8, 4) is 5.75 Å². The molecular weight excluding hydrogens is 410 g/mol. The quantitative estimate of drug-likeness (QED) is 0.669. The normalized spacial score (nSPS) is 20.7. The Hall–Kier alpha value is -3.59. The topological polar surface area (TPSA) is 85.7 Å². The third-order valence-corrected chi connectivity index (χ3v) is 6.08. The molecule has 0 radical (unpaired) electrons. The summed E-state index contributed by atoms with van der Waals surface area (Å²) in [6.07, 6.45) is 1.43. The smallest absolute Gasteiger partial charge is 0.456 e. The third kappa shape index (κ3) is 4.11. The first-order valence-corrected chi connectivity index (χ1v) is 10.7. The number of urea groups is 1. The highest BCUT2D eigenvalue weighted by Crippen LogP contribution is 2.28. The summed E-state index contributed by atoms with van der Waals surface area (Å²) in [5.74, 6) is -0.199. The highest BCUT2D eigenvalue weighted by molar-refractivity contribution is 6.07. The summed E-state index contributed by atoms with van der Waals surface area (Å²) in [6.45, 7) is 5.30. The molecule has 2 aromatic carbocycles. The predicted molar refractivity (Wildman–Crippen MR) is 124 cm³/mol. The molecular formula is C23H28N5O4+. The van der Waals surface area contributed by atoms with E-state index in [0.717, 1.165) is 37.6 Å². The number of aliphatic carboxylic acids is 1. The Morgan fingerprint density at radius 1 is 0.969 bits per heavy atom. The van der Waals surface area contributed by atoms with E-state index in [2.05, 4.69) is 27.0 Å². The van der Waals surface area contributed by atoms with Gasteiger partial charge in [0.1, 0.15) is 12.3 Å². The number of amides is 2. The first-order chi connectivity index (χ1) is 15.5. The standard InChI is InChI=1S/C23H27N5O4/c1-3-28(16-22(29)30)23(31)27(17-24-28)20-6-4-18(5-7-20)25-12-14-26(15-13-25)19-8-10-21(32-2)11-9-19/h4-11,17H,3,12-16H2,1-2H3/p+1. The molecule has 32 heavy (non-hydrogen) atoms. The van der Waals surface area contributed by atoms with Crippen LogP contribution in [-0.4, -0.2) is 74.4 Å². The Morgan fingerprint density at radius 3 is 1.94 bits per heavy atom. The number of likely N-dealkylation sites (N-methyl/N-ethyl adjacent to an activating group) is 1. The minimum absolute atomic E-state index is 0.286. The van der Waals surface area contributed by atoms with Crippen LogP contribution in [0.25, 0.3) is 0 Å². The highest BCUT2D eigenvalue weighted by atomic mass is 16.5. The van der Waals surface area contributed by atoms with Gasteiger partial charge in [0.15, 0.2) is 6.34 Å². The number of methoxy groups -OCH3 is 1. The first-order valence-electron chi connectivity index (χ1n) is 10.7. The number of benzene rings is 2. The van der Waals surface area contributed by atoms with Gasteiger partial charge in [-0.1, -0.05) is 5.10 Å². The van der Waals surface area contributed by atoms with Gasteiger partial charge in [-0.25, -0.2) is 14.5 Å². The maximum atomic E-state index is 12.9. The molecule has 2 aliphatic rings. The zero-order valence-electron chi connectivity index (χ0n) is 18.3. The van der Waals surface area contributed by atoms with E-state index >= 15 is 0 Å². The van der Waals surface area contributed by atoms with Crippen LogP contribution in [0.5, 0.6) is 5.75 Å². The van der Waals surface area contributed by atoms with Gasteiger partial charge in [0.05, 0.1) is 12.8 Å². The van der Waals surface area contributed by atoms with Gasteiger partial charge < -0.3 is 19.6 Å². The summed E-state index contributed by atoms with van der Waals surface area (Å²) in [5.41, 5.74) is 2.96. The molecule has 0 spiro atoms. The molecule has 168 valence electrons. The molecule has 1 saturated heterocycles. The second kappa shape index (κ2) is 8.88. The molecule has 1 atom stereocenters. The zero-order chi connectivity index (χ0) is 22.7. The van der Waals surface area contributed by atoms with Crippen molar-refractivity contribution < 1.29 is 24.0 Å². The molecule has 2 heterocycles. The number of carboxylic acid groups (broad SMARTS) is 1. The van der Waals surface area contributed by atoms with Crippen molar-refractivity contribution in [1.82, 2.24) is 0 Å². The molecule has 9 nitrogen and oxygen atoms in total. The van der Waals surface area contributed by atoms with Crippen molar-refractivity contribution >= 4 is 35.4 Å². The van der Waals surface area contributed by atoms with Crippen molar-refractivity contribution in [2.45, 2.75) is 6.92 Å². The number of carboxylic acids is 1. The number of anilines is 3. The summed E-state index contributed by atoms with van der Waals surface area (Å²) in [5, 5.41) is 13.4. The first kappa shape index (κ1) is 21.6. The molecule has 2 aromatic rings. The molecule has 0 saturated carbocycles. The fourth-order valence-electron chi connectivity index (χ4n) is 4.13. The molecule has 0 aliphatic carbocycles. The van der Waals surface area contributed by atoms with Crippen LogP contribution in [0.4, 0.5) is 21.9 Å². The second-order valence-corrected chi connectivity index (χ2v) is 7.86. The Kier molecular flexibility index (Phi) is 6.00. The van der Waals surface area contributed by atoms with E-state index in [1.54, 1.807) is 14.0 Å². The number of nitrogens with zero attached hydrogens (tertiary/aromatic N) is 5. The van der Waals surface area contributed by atoms with Gasteiger partial charge in [0.2, 0.25) is 6.54 Å². The molecule has 1 N–H and O–H groups in total. The Bertz CT molecular complexity index is 1000. The molecule has 0 bridgehead atoms. The van der Waals surface area contributed by atoms with Crippen molar-refractivity contribution in [2.24, 2.45) is 5.10 Å². The van der Waals surface area contributed by atoms with Crippen LogP contribution >= 0.6 is 0 Å². The van der Waals surface area contributed by atoms with Crippen LogP contribution in [0.1, 0.15) is 6.92 Å². The number of piperazine rings is 1. The number of ether oxygens (including phenoxy) is 1. The molecule has 2 amide bonds. The number of rotatable bonds is 7. The minimum Gasteiger partial charge on any atom is -0.497 e. The highest BCUT2D eigenvalue weighted by Gasteiger charge is 2.47. The summed E-state index contributed by atoms with van der Waals surface area (Å²) in [6, 6.07) is 15.5. The number of hydrogen-bond donors (Lipinski definition) is 1. The second-order valence-electron chi connectivity index (χ2n) is 7.86. The van der Waals surface area contributed by atoms with Crippen molar-refractivity contribution in [3.05, 3.63) is 48.5 Å². The lowest BCUT2D eigenvalue weighted by atomic mass is 10.2. The number of carbonyl (C=O) groups is 2. The van der Waals surface area contributed by atoms with Gasteiger partial charge in [-0.3, -0.25) is 0 Å². The number of hydrogen-bond acceptors (Lipinski definition) is 6. The molecule has 4 rings (SSSR count). The average molecular weight is 439 g/mol. The molecule has 9 heteroatoms. The van der Waals surface area contributed by atoms with Crippen molar-refractivity contribution in [3.63, 3.8) is 0 Å². The lowest BCUT2D eigenvalue weighted by Crippen LogP contribution is -2.52. The van der Waals surface area contributed by atoms with Crippen LogP contribution in [0.3, 0.4) is 0 Å². The fourth-order valence-corrected chi connectivity index (χ4v) is 4.13. The lowest BCUT2D eigenvalue weighted by Gasteiger charge is -2.37. The van der Waals surface area contributed by atoms with Crippen LogP contribution in [0.15, 0.2) is 53.6 Å². The summed E-state index contributed by atoms with van der Waals surface area (Å²) < 4.78 is 4.78. The third-order valence-electron chi connectivity index (χ3n) is 6.08. The van der Waals surface area contributed by atoms with E-state index in [0.29, 0.717) is 5.69 Å². The largest absolute Gasteiger partial charge is 0.497 e. The fraction of sp³-hybridized carbons (Fsp3) is 0.348. The Morgan fingerprint density at radius 2 is 1.47 bits per heavy atom. The summed E-state index contributed by atoms with van der Waals surface area (Å²) >= 11 is 0. The maximum absolute atomic E-state index is 12.9. The van der Waals surface area contributed by atoms with Crippen LogP contribution in [0, 0.1) is 0 Å². The predicted octanol–water partition coefficient (Wildman–Crippen LogP) is 2.83. The van der Waals surface area contributed by atoms with E-state index in [4.69, 9.17) is 9.84 Å². The van der Waals surface area contributed by atoms with E-state index in [-0.39, 0.29) is 19.1 Å². The summed E-state index contributed by atoms with van der Waals surface area (Å²) in [7, 11) is 1.67. The van der Waals surface area contributed by atoms with Crippen LogP contribution in [0.2, 0.25) is 0 Å². The van der Waals surface area contributed by atoms with Gasteiger partial charge in [-0.2, -0.15) is 0 Å². The molecule has 1 fully saturated rings.